The minimum Gasteiger partial charge on any atom is -0.384 e. The molecule has 94 valence electrons. The molecule has 1 aliphatic rings. The minimum absolute atomic E-state index is 0.215. The fraction of sp³-hybridized carbons (Fsp3) is 0.500. The third kappa shape index (κ3) is 3.63. The van der Waals surface area contributed by atoms with Crippen LogP contribution < -0.4 is 10.6 Å². The van der Waals surface area contributed by atoms with E-state index in [1.165, 1.54) is 5.56 Å². The molecule has 1 aromatic rings. The first-order valence-electron chi connectivity index (χ1n) is 5.64. The van der Waals surface area contributed by atoms with Crippen molar-refractivity contribution in [1.82, 2.24) is 5.32 Å². The van der Waals surface area contributed by atoms with E-state index in [0.29, 0.717) is 6.54 Å². The summed E-state index contributed by atoms with van der Waals surface area (Å²) >= 11 is 0. The maximum Gasteiger partial charge on any atom is 0.401 e. The van der Waals surface area contributed by atoms with Crippen molar-refractivity contribution in [3.63, 3.8) is 0 Å². The van der Waals surface area contributed by atoms with E-state index < -0.39 is 12.7 Å². The molecular formula is C12H15F3N2. The Balaban J connectivity index is 1.82. The Morgan fingerprint density at radius 1 is 1.29 bits per heavy atom. The van der Waals surface area contributed by atoms with E-state index in [1.807, 2.05) is 24.3 Å². The fourth-order valence-corrected chi connectivity index (χ4v) is 2.07. The lowest BCUT2D eigenvalue weighted by atomic mass is 9.94. The summed E-state index contributed by atoms with van der Waals surface area (Å²) in [7, 11) is 0. The normalized spacial score (nSPS) is 19.6. The maximum atomic E-state index is 12.0. The summed E-state index contributed by atoms with van der Waals surface area (Å²) in [5.41, 5.74) is 2.28. The van der Waals surface area contributed by atoms with Crippen LogP contribution in [0.3, 0.4) is 0 Å². The van der Waals surface area contributed by atoms with Crippen molar-refractivity contribution >= 4 is 5.69 Å². The molecule has 0 fully saturated rings. The number of para-hydroxylation sites is 1. The van der Waals surface area contributed by atoms with E-state index in [0.717, 1.165) is 18.7 Å². The Morgan fingerprint density at radius 2 is 2.06 bits per heavy atom. The molecule has 1 atom stereocenters. The van der Waals surface area contributed by atoms with Gasteiger partial charge in [-0.25, -0.2) is 0 Å². The zero-order valence-electron chi connectivity index (χ0n) is 9.35. The van der Waals surface area contributed by atoms with Crippen LogP contribution in [0.2, 0.25) is 0 Å². The monoisotopic (exact) mass is 244 g/mol. The SMILES string of the molecule is FC(F)(F)CNCC1CNc2ccccc2C1. The number of rotatable bonds is 3. The van der Waals surface area contributed by atoms with Gasteiger partial charge in [-0.15, -0.1) is 0 Å². The summed E-state index contributed by atoms with van der Waals surface area (Å²) in [4.78, 5) is 0. The fourth-order valence-electron chi connectivity index (χ4n) is 2.07. The van der Waals surface area contributed by atoms with E-state index >= 15 is 0 Å². The predicted molar refractivity (Wildman–Crippen MR) is 61.1 cm³/mol. The smallest absolute Gasteiger partial charge is 0.384 e. The molecule has 0 bridgehead atoms. The molecule has 0 saturated heterocycles. The van der Waals surface area contributed by atoms with Gasteiger partial charge in [0.1, 0.15) is 0 Å². The Labute approximate surface area is 98.2 Å². The molecule has 5 heteroatoms. The number of fused-ring (bicyclic) bond motifs is 1. The zero-order valence-corrected chi connectivity index (χ0v) is 9.35. The van der Waals surface area contributed by atoms with Crippen LogP contribution in [0, 0.1) is 5.92 Å². The van der Waals surface area contributed by atoms with Crippen LogP contribution in [-0.4, -0.2) is 25.8 Å². The molecule has 2 N–H and O–H groups in total. The molecule has 1 aromatic carbocycles. The summed E-state index contributed by atoms with van der Waals surface area (Å²) in [6, 6.07) is 7.91. The summed E-state index contributed by atoms with van der Waals surface area (Å²) in [6.45, 7) is 0.202. The molecule has 2 rings (SSSR count). The molecule has 2 nitrogen and oxygen atoms in total. The molecule has 0 amide bonds. The number of nitrogens with one attached hydrogen (secondary N) is 2. The second kappa shape index (κ2) is 4.96. The summed E-state index contributed by atoms with van der Waals surface area (Å²) in [5.74, 6) is 0.215. The lowest BCUT2D eigenvalue weighted by Gasteiger charge is -2.26. The van der Waals surface area contributed by atoms with Gasteiger partial charge in [0, 0.05) is 18.8 Å². The second-order valence-electron chi connectivity index (χ2n) is 4.35. The Hall–Kier alpha value is -1.23. The number of alkyl halides is 3. The van der Waals surface area contributed by atoms with Crippen molar-refractivity contribution in [1.29, 1.82) is 0 Å². The average Bonchev–Trinajstić information content (AvgIpc) is 2.27. The first-order chi connectivity index (χ1) is 8.04. The molecular weight excluding hydrogens is 229 g/mol. The lowest BCUT2D eigenvalue weighted by Crippen LogP contribution is -2.37. The van der Waals surface area contributed by atoms with Crippen LogP contribution >= 0.6 is 0 Å². The molecule has 1 unspecified atom stereocenters. The van der Waals surface area contributed by atoms with E-state index in [4.69, 9.17) is 0 Å². The summed E-state index contributed by atoms with van der Waals surface area (Å²) in [6.07, 6.45) is -3.30. The first-order valence-corrected chi connectivity index (χ1v) is 5.64. The van der Waals surface area contributed by atoms with Crippen molar-refractivity contribution in [3.8, 4) is 0 Å². The van der Waals surface area contributed by atoms with Crippen molar-refractivity contribution in [3.05, 3.63) is 29.8 Å². The van der Waals surface area contributed by atoms with E-state index in [1.54, 1.807) is 0 Å². The van der Waals surface area contributed by atoms with Gasteiger partial charge in [-0.3, -0.25) is 0 Å². The molecule has 0 saturated carbocycles. The predicted octanol–water partition coefficient (Wildman–Crippen LogP) is 2.42. The van der Waals surface area contributed by atoms with Crippen molar-refractivity contribution in [2.24, 2.45) is 5.92 Å². The molecule has 1 aliphatic heterocycles. The van der Waals surface area contributed by atoms with Crippen LogP contribution in [0.5, 0.6) is 0 Å². The summed E-state index contributed by atoms with van der Waals surface area (Å²) in [5, 5.41) is 5.70. The summed E-state index contributed by atoms with van der Waals surface area (Å²) < 4.78 is 35.9. The molecule has 0 aromatic heterocycles. The third-order valence-corrected chi connectivity index (χ3v) is 2.87. The number of hydrogen-bond acceptors (Lipinski definition) is 2. The third-order valence-electron chi connectivity index (χ3n) is 2.87. The van der Waals surface area contributed by atoms with E-state index in [9.17, 15) is 13.2 Å². The quantitative estimate of drug-likeness (QED) is 0.853. The number of hydrogen-bond donors (Lipinski definition) is 2. The lowest BCUT2D eigenvalue weighted by molar-refractivity contribution is -0.125. The minimum atomic E-state index is -4.12. The average molecular weight is 244 g/mol. The highest BCUT2D eigenvalue weighted by Crippen LogP contribution is 2.24. The van der Waals surface area contributed by atoms with Crippen molar-refractivity contribution < 1.29 is 13.2 Å². The maximum absolute atomic E-state index is 12.0. The van der Waals surface area contributed by atoms with Crippen LogP contribution in [0.15, 0.2) is 24.3 Å². The highest BCUT2D eigenvalue weighted by atomic mass is 19.4. The van der Waals surface area contributed by atoms with Gasteiger partial charge in [-0.1, -0.05) is 18.2 Å². The second-order valence-corrected chi connectivity index (χ2v) is 4.35. The van der Waals surface area contributed by atoms with E-state index in [2.05, 4.69) is 10.6 Å². The van der Waals surface area contributed by atoms with Crippen LogP contribution in [0.1, 0.15) is 5.56 Å². The highest BCUT2D eigenvalue weighted by molar-refractivity contribution is 5.53. The molecule has 17 heavy (non-hydrogen) atoms. The van der Waals surface area contributed by atoms with Gasteiger partial charge in [-0.2, -0.15) is 13.2 Å². The molecule has 0 aliphatic carbocycles. The Kier molecular flexibility index (Phi) is 3.57. The largest absolute Gasteiger partial charge is 0.401 e. The standard InChI is InChI=1S/C12H15F3N2/c13-12(14,15)8-16-6-9-5-10-3-1-2-4-11(10)17-7-9/h1-4,9,16-17H,5-8H2. The number of benzene rings is 1. The first kappa shape index (κ1) is 12.2. The van der Waals surface area contributed by atoms with Crippen molar-refractivity contribution in [2.75, 3.05) is 25.0 Å². The van der Waals surface area contributed by atoms with Gasteiger partial charge in [0.25, 0.3) is 0 Å². The Bertz CT molecular complexity index is 376. The van der Waals surface area contributed by atoms with Crippen LogP contribution in [-0.2, 0) is 6.42 Å². The van der Waals surface area contributed by atoms with Gasteiger partial charge in [0.15, 0.2) is 0 Å². The van der Waals surface area contributed by atoms with Crippen LogP contribution in [0.4, 0.5) is 18.9 Å². The van der Waals surface area contributed by atoms with Gasteiger partial charge in [-0.05, 0) is 24.0 Å². The Morgan fingerprint density at radius 3 is 2.82 bits per heavy atom. The van der Waals surface area contributed by atoms with Gasteiger partial charge < -0.3 is 10.6 Å². The van der Waals surface area contributed by atoms with Gasteiger partial charge >= 0.3 is 6.18 Å². The molecule has 0 radical (unpaired) electrons. The molecule has 0 spiro atoms. The number of halogens is 3. The highest BCUT2D eigenvalue weighted by Gasteiger charge is 2.27. The topological polar surface area (TPSA) is 24.1 Å². The van der Waals surface area contributed by atoms with E-state index in [-0.39, 0.29) is 5.92 Å². The number of anilines is 1. The van der Waals surface area contributed by atoms with Gasteiger partial charge in [0.05, 0.1) is 6.54 Å². The molecule has 1 heterocycles. The van der Waals surface area contributed by atoms with Crippen LogP contribution in [0.25, 0.3) is 0 Å². The zero-order chi connectivity index (χ0) is 12.3. The van der Waals surface area contributed by atoms with Crippen molar-refractivity contribution in [2.45, 2.75) is 12.6 Å². The van der Waals surface area contributed by atoms with Gasteiger partial charge in [0.2, 0.25) is 0 Å².